The molecule has 3 rings (SSSR count). The van der Waals surface area contributed by atoms with Crippen LogP contribution in [0.5, 0.6) is 0 Å². The van der Waals surface area contributed by atoms with Gasteiger partial charge in [0.15, 0.2) is 0 Å². The van der Waals surface area contributed by atoms with Crippen LogP contribution in [0.15, 0.2) is 0 Å². The summed E-state index contributed by atoms with van der Waals surface area (Å²) in [6.07, 6.45) is 3.16. The van der Waals surface area contributed by atoms with Gasteiger partial charge in [0, 0.05) is 12.3 Å². The summed E-state index contributed by atoms with van der Waals surface area (Å²) in [4.78, 5) is 22.8. The minimum Gasteiger partial charge on any atom is -0.438 e. The molecule has 17 heavy (non-hydrogen) atoms. The van der Waals surface area contributed by atoms with Gasteiger partial charge in [-0.2, -0.15) is 0 Å². The predicted octanol–water partition coefficient (Wildman–Crippen LogP) is 2.28. The summed E-state index contributed by atoms with van der Waals surface area (Å²) < 4.78 is 9.99. The van der Waals surface area contributed by atoms with Crippen molar-refractivity contribution >= 4 is 23.5 Å². The molecule has 0 bridgehead atoms. The molecule has 0 aromatic rings. The van der Waals surface area contributed by atoms with E-state index >= 15 is 0 Å². The molecule has 94 valence electrons. The number of Topliss-reactive ketones (excluding diaryl/α,β-unsaturated/α-hetero) is 1. The van der Waals surface area contributed by atoms with Crippen molar-refractivity contribution in [3.05, 3.63) is 0 Å². The average molecular weight is 259 g/mol. The number of carbonyl (C=O) groups is 2. The van der Waals surface area contributed by atoms with Gasteiger partial charge in [-0.3, -0.25) is 4.79 Å². The minimum absolute atomic E-state index is 0.118. The number of alkyl halides is 1. The summed E-state index contributed by atoms with van der Waals surface area (Å²) in [5.41, 5.74) is -0.664. The van der Waals surface area contributed by atoms with Crippen LogP contribution < -0.4 is 0 Å². The Morgan fingerprint density at radius 3 is 2.94 bits per heavy atom. The SMILES string of the molecule is COC(=O)OC12CCC(=O)C1C1(Cl)CCCC12. The largest absolute Gasteiger partial charge is 0.508 e. The quantitative estimate of drug-likeness (QED) is 0.535. The fraction of sp³-hybridized carbons (Fsp3) is 0.833. The van der Waals surface area contributed by atoms with E-state index in [0.717, 1.165) is 19.3 Å². The third kappa shape index (κ3) is 1.20. The van der Waals surface area contributed by atoms with Gasteiger partial charge in [0.2, 0.25) is 0 Å². The molecule has 3 aliphatic carbocycles. The fourth-order valence-electron chi connectivity index (χ4n) is 4.20. The van der Waals surface area contributed by atoms with Gasteiger partial charge in [0.05, 0.1) is 17.9 Å². The first-order valence-corrected chi connectivity index (χ1v) is 6.41. The molecule has 0 spiro atoms. The summed E-state index contributed by atoms with van der Waals surface area (Å²) in [6.45, 7) is 0. The van der Waals surface area contributed by atoms with Crippen molar-refractivity contribution in [1.29, 1.82) is 0 Å². The Labute approximate surface area is 105 Å². The molecule has 0 aromatic carbocycles. The van der Waals surface area contributed by atoms with Gasteiger partial charge in [-0.25, -0.2) is 4.79 Å². The average Bonchev–Trinajstić information content (AvgIpc) is 2.77. The van der Waals surface area contributed by atoms with Crippen molar-refractivity contribution in [3.63, 3.8) is 0 Å². The molecular weight excluding hydrogens is 244 g/mol. The monoisotopic (exact) mass is 258 g/mol. The standard InChI is InChI=1S/C12H15ClO4/c1-16-10(15)17-12-6-4-7(14)9(12)11(13)5-2-3-8(11)12/h8-9H,2-6H2,1H3. The van der Waals surface area contributed by atoms with Gasteiger partial charge < -0.3 is 9.47 Å². The van der Waals surface area contributed by atoms with Gasteiger partial charge in [-0.05, 0) is 19.3 Å². The normalized spacial score (nSPS) is 47.1. The maximum atomic E-state index is 11.9. The molecule has 3 saturated carbocycles. The smallest absolute Gasteiger partial charge is 0.438 e. The van der Waals surface area contributed by atoms with Gasteiger partial charge in [-0.1, -0.05) is 6.42 Å². The summed E-state index contributed by atoms with van der Waals surface area (Å²) >= 11 is 6.56. The third-order valence-electron chi connectivity index (χ3n) is 4.71. The number of fused-ring (bicyclic) bond motifs is 4. The lowest BCUT2D eigenvalue weighted by Gasteiger charge is -2.58. The molecule has 0 N–H and O–H groups in total. The van der Waals surface area contributed by atoms with Crippen LogP contribution in [0.3, 0.4) is 0 Å². The molecular formula is C12H15ClO4. The minimum atomic E-state index is -0.699. The molecule has 4 nitrogen and oxygen atoms in total. The van der Waals surface area contributed by atoms with E-state index in [-0.39, 0.29) is 17.6 Å². The molecule has 3 aliphatic rings. The maximum Gasteiger partial charge on any atom is 0.508 e. The van der Waals surface area contributed by atoms with Crippen LogP contribution in [0.2, 0.25) is 0 Å². The first-order chi connectivity index (χ1) is 8.04. The zero-order valence-corrected chi connectivity index (χ0v) is 10.5. The Hall–Kier alpha value is -0.770. The van der Waals surface area contributed by atoms with Gasteiger partial charge in [0.25, 0.3) is 0 Å². The Morgan fingerprint density at radius 2 is 2.24 bits per heavy atom. The van der Waals surface area contributed by atoms with Gasteiger partial charge in [0.1, 0.15) is 11.4 Å². The Morgan fingerprint density at radius 1 is 1.47 bits per heavy atom. The maximum absolute atomic E-state index is 11.9. The Kier molecular flexibility index (Phi) is 2.25. The molecule has 0 aromatic heterocycles. The van der Waals surface area contributed by atoms with E-state index in [1.165, 1.54) is 7.11 Å². The second-order valence-electron chi connectivity index (χ2n) is 5.28. The second kappa shape index (κ2) is 3.37. The van der Waals surface area contributed by atoms with E-state index in [2.05, 4.69) is 4.74 Å². The Balaban J connectivity index is 1.93. The predicted molar refractivity (Wildman–Crippen MR) is 59.9 cm³/mol. The van der Waals surface area contributed by atoms with E-state index in [1.807, 2.05) is 0 Å². The molecule has 0 aliphatic heterocycles. The highest BCUT2D eigenvalue weighted by Gasteiger charge is 2.78. The molecule has 0 radical (unpaired) electrons. The van der Waals surface area contributed by atoms with E-state index in [1.54, 1.807) is 0 Å². The zero-order valence-electron chi connectivity index (χ0n) is 9.70. The van der Waals surface area contributed by atoms with Crippen LogP contribution in [-0.2, 0) is 14.3 Å². The molecule has 3 fully saturated rings. The van der Waals surface area contributed by atoms with Crippen molar-refractivity contribution in [2.75, 3.05) is 7.11 Å². The first-order valence-electron chi connectivity index (χ1n) is 6.03. The number of methoxy groups -OCH3 is 1. The Bertz CT molecular complexity index is 396. The van der Waals surface area contributed by atoms with Gasteiger partial charge >= 0.3 is 6.16 Å². The third-order valence-corrected chi connectivity index (χ3v) is 5.39. The number of hydrogen-bond acceptors (Lipinski definition) is 4. The van der Waals surface area contributed by atoms with Crippen LogP contribution in [0.25, 0.3) is 0 Å². The second-order valence-corrected chi connectivity index (χ2v) is 5.99. The van der Waals surface area contributed by atoms with E-state index in [9.17, 15) is 9.59 Å². The lowest BCUT2D eigenvalue weighted by Crippen LogP contribution is -2.69. The van der Waals surface area contributed by atoms with Crippen molar-refractivity contribution < 1.29 is 19.1 Å². The lowest BCUT2D eigenvalue weighted by molar-refractivity contribution is -0.172. The zero-order chi connectivity index (χ0) is 12.3. The van der Waals surface area contributed by atoms with Crippen LogP contribution in [0, 0.1) is 11.8 Å². The van der Waals surface area contributed by atoms with Crippen LogP contribution >= 0.6 is 11.6 Å². The van der Waals surface area contributed by atoms with Crippen molar-refractivity contribution in [2.24, 2.45) is 11.8 Å². The number of ketones is 1. The lowest BCUT2D eigenvalue weighted by atomic mass is 9.55. The number of hydrogen-bond donors (Lipinski definition) is 0. The summed E-state index contributed by atoms with van der Waals surface area (Å²) in [5.74, 6) is -0.0578. The number of carbonyl (C=O) groups excluding carboxylic acids is 2. The topological polar surface area (TPSA) is 52.6 Å². The molecule has 5 heteroatoms. The fourth-order valence-corrected chi connectivity index (χ4v) is 4.93. The van der Waals surface area contributed by atoms with E-state index in [4.69, 9.17) is 16.3 Å². The van der Waals surface area contributed by atoms with Crippen molar-refractivity contribution in [2.45, 2.75) is 42.6 Å². The molecule has 0 saturated heterocycles. The summed E-state index contributed by atoms with van der Waals surface area (Å²) in [5, 5.41) is 0. The number of ether oxygens (including phenoxy) is 2. The highest BCUT2D eigenvalue weighted by molar-refractivity contribution is 6.27. The van der Waals surface area contributed by atoms with Crippen molar-refractivity contribution in [3.8, 4) is 0 Å². The summed E-state index contributed by atoms with van der Waals surface area (Å²) in [6, 6.07) is 0. The molecule has 0 heterocycles. The first kappa shape index (κ1) is 11.3. The van der Waals surface area contributed by atoms with E-state index < -0.39 is 16.6 Å². The number of halogens is 1. The number of rotatable bonds is 1. The van der Waals surface area contributed by atoms with Gasteiger partial charge in [-0.15, -0.1) is 11.6 Å². The highest BCUT2D eigenvalue weighted by atomic mass is 35.5. The molecule has 0 amide bonds. The molecule has 4 atom stereocenters. The summed E-state index contributed by atoms with van der Waals surface area (Å²) in [7, 11) is 1.28. The molecule has 4 unspecified atom stereocenters. The van der Waals surface area contributed by atoms with Crippen LogP contribution in [0.1, 0.15) is 32.1 Å². The van der Waals surface area contributed by atoms with Crippen molar-refractivity contribution in [1.82, 2.24) is 0 Å². The van der Waals surface area contributed by atoms with E-state index in [0.29, 0.717) is 12.8 Å². The van der Waals surface area contributed by atoms with Crippen LogP contribution in [-0.4, -0.2) is 29.5 Å². The highest BCUT2D eigenvalue weighted by Crippen LogP contribution is 2.70. The van der Waals surface area contributed by atoms with Crippen LogP contribution in [0.4, 0.5) is 4.79 Å².